The molecule has 1 aliphatic heterocycles. The van der Waals surface area contributed by atoms with Crippen molar-refractivity contribution in [1.82, 2.24) is 19.9 Å². The minimum Gasteiger partial charge on any atom is -0.494 e. The molecule has 9 heteroatoms. The second kappa shape index (κ2) is 10.8. The number of likely N-dealkylation sites (tertiary alicyclic amines) is 1. The fraction of sp³-hybridized carbons (Fsp3) is 0.571. The van der Waals surface area contributed by atoms with Gasteiger partial charge in [0.25, 0.3) is 0 Å². The van der Waals surface area contributed by atoms with Crippen molar-refractivity contribution in [1.29, 1.82) is 0 Å². The fourth-order valence-electron chi connectivity index (χ4n) is 3.48. The maximum absolute atomic E-state index is 5.70. The summed E-state index contributed by atoms with van der Waals surface area (Å²) in [6, 6.07) is 6.90. The van der Waals surface area contributed by atoms with Crippen LogP contribution in [0.3, 0.4) is 0 Å². The Hall–Kier alpha value is -2.81. The predicted octanol–water partition coefficient (Wildman–Crippen LogP) is 2.76. The number of aromatic nitrogens is 3. The number of nitrogens with one attached hydrogen (secondary N) is 1. The molecule has 0 unspecified atom stereocenters. The Kier molecular flexibility index (Phi) is 7.89. The average Bonchev–Trinajstić information content (AvgIpc) is 2.75. The largest absolute Gasteiger partial charge is 0.494 e. The van der Waals surface area contributed by atoms with Crippen molar-refractivity contribution in [2.45, 2.75) is 39.3 Å². The van der Waals surface area contributed by atoms with E-state index in [4.69, 9.17) is 18.9 Å². The molecule has 0 amide bonds. The van der Waals surface area contributed by atoms with Crippen LogP contribution in [-0.2, 0) is 6.54 Å². The van der Waals surface area contributed by atoms with E-state index in [-0.39, 0.29) is 18.1 Å². The number of piperidine rings is 1. The van der Waals surface area contributed by atoms with Gasteiger partial charge < -0.3 is 24.3 Å². The van der Waals surface area contributed by atoms with E-state index in [9.17, 15) is 0 Å². The van der Waals surface area contributed by atoms with Gasteiger partial charge in [0.05, 0.1) is 27.4 Å². The van der Waals surface area contributed by atoms with Crippen molar-refractivity contribution in [3.8, 4) is 23.5 Å². The minimum atomic E-state index is 0.237. The summed E-state index contributed by atoms with van der Waals surface area (Å²) in [5.41, 5.74) is 1.20. The molecule has 2 aromatic rings. The molecule has 30 heavy (non-hydrogen) atoms. The van der Waals surface area contributed by atoms with Gasteiger partial charge in [-0.3, -0.25) is 4.90 Å². The van der Waals surface area contributed by atoms with Crippen molar-refractivity contribution in [2.75, 3.05) is 45.8 Å². The SMILES string of the molecule is CCOc1cc(CN2CCC(Nc3nc(OC)nc(OC)n3)CC2)cc(OCC)c1. The lowest BCUT2D eigenvalue weighted by Crippen LogP contribution is -2.39. The van der Waals surface area contributed by atoms with Crippen molar-refractivity contribution in [3.63, 3.8) is 0 Å². The summed E-state index contributed by atoms with van der Waals surface area (Å²) in [4.78, 5) is 15.0. The monoisotopic (exact) mass is 417 g/mol. The summed E-state index contributed by atoms with van der Waals surface area (Å²) < 4.78 is 21.6. The second-order valence-corrected chi connectivity index (χ2v) is 7.01. The zero-order valence-corrected chi connectivity index (χ0v) is 18.2. The summed E-state index contributed by atoms with van der Waals surface area (Å²) >= 11 is 0. The van der Waals surface area contributed by atoms with E-state index in [1.807, 2.05) is 19.9 Å². The summed E-state index contributed by atoms with van der Waals surface area (Å²) in [5, 5.41) is 3.38. The Bertz CT molecular complexity index is 765. The Labute approximate surface area is 177 Å². The smallest absolute Gasteiger partial charge is 0.324 e. The number of hydrogen-bond acceptors (Lipinski definition) is 9. The number of anilines is 1. The van der Waals surface area contributed by atoms with Crippen molar-refractivity contribution < 1.29 is 18.9 Å². The van der Waals surface area contributed by atoms with Crippen LogP contribution in [0.4, 0.5) is 5.95 Å². The summed E-state index contributed by atoms with van der Waals surface area (Å²) in [6.45, 7) is 8.06. The average molecular weight is 418 g/mol. The summed E-state index contributed by atoms with van der Waals surface area (Å²) in [7, 11) is 3.04. The van der Waals surface area contributed by atoms with Gasteiger partial charge in [-0.1, -0.05) is 0 Å². The predicted molar refractivity (Wildman–Crippen MR) is 114 cm³/mol. The van der Waals surface area contributed by atoms with E-state index in [1.165, 1.54) is 19.8 Å². The molecule has 1 aromatic heterocycles. The molecule has 0 bridgehead atoms. The van der Waals surface area contributed by atoms with Crippen LogP contribution >= 0.6 is 0 Å². The summed E-state index contributed by atoms with van der Waals surface area (Å²) in [6.07, 6.45) is 1.97. The zero-order chi connectivity index (χ0) is 21.3. The van der Waals surface area contributed by atoms with E-state index in [0.717, 1.165) is 44.0 Å². The number of ether oxygens (including phenoxy) is 4. The molecule has 2 heterocycles. The Morgan fingerprint density at radius 3 is 1.97 bits per heavy atom. The molecule has 0 saturated carbocycles. The maximum atomic E-state index is 5.70. The first-order chi connectivity index (χ1) is 14.6. The molecule has 0 spiro atoms. The van der Waals surface area contributed by atoms with Crippen LogP contribution in [0.15, 0.2) is 18.2 Å². The number of methoxy groups -OCH3 is 2. The van der Waals surface area contributed by atoms with Gasteiger partial charge in [0.15, 0.2) is 0 Å². The van der Waals surface area contributed by atoms with Gasteiger partial charge in [-0.05, 0) is 44.4 Å². The van der Waals surface area contributed by atoms with E-state index >= 15 is 0 Å². The van der Waals surface area contributed by atoms with Crippen LogP contribution in [0.25, 0.3) is 0 Å². The van der Waals surface area contributed by atoms with E-state index in [1.54, 1.807) is 0 Å². The minimum absolute atomic E-state index is 0.237. The molecule has 3 rings (SSSR count). The van der Waals surface area contributed by atoms with Gasteiger partial charge in [0.2, 0.25) is 5.95 Å². The molecule has 0 aliphatic carbocycles. The molecular weight excluding hydrogens is 386 g/mol. The lowest BCUT2D eigenvalue weighted by atomic mass is 10.0. The summed E-state index contributed by atoms with van der Waals surface area (Å²) in [5.74, 6) is 2.18. The van der Waals surface area contributed by atoms with Gasteiger partial charge in [0, 0.05) is 31.7 Å². The molecule has 1 aromatic carbocycles. The molecule has 1 aliphatic rings. The highest BCUT2D eigenvalue weighted by atomic mass is 16.5. The second-order valence-electron chi connectivity index (χ2n) is 7.01. The molecule has 1 fully saturated rings. The van der Waals surface area contributed by atoms with E-state index in [0.29, 0.717) is 19.2 Å². The van der Waals surface area contributed by atoms with Gasteiger partial charge in [0.1, 0.15) is 11.5 Å². The van der Waals surface area contributed by atoms with Crippen molar-refractivity contribution in [2.24, 2.45) is 0 Å². The van der Waals surface area contributed by atoms with Crippen LogP contribution < -0.4 is 24.3 Å². The number of benzene rings is 1. The number of hydrogen-bond donors (Lipinski definition) is 1. The third-order valence-electron chi connectivity index (χ3n) is 4.85. The Morgan fingerprint density at radius 2 is 1.47 bits per heavy atom. The first-order valence-corrected chi connectivity index (χ1v) is 10.4. The maximum Gasteiger partial charge on any atom is 0.324 e. The topological polar surface area (TPSA) is 90.9 Å². The fourth-order valence-corrected chi connectivity index (χ4v) is 3.48. The Morgan fingerprint density at radius 1 is 0.900 bits per heavy atom. The lowest BCUT2D eigenvalue weighted by Gasteiger charge is -2.32. The first kappa shape index (κ1) is 21.9. The highest BCUT2D eigenvalue weighted by Crippen LogP contribution is 2.25. The number of rotatable bonds is 10. The highest BCUT2D eigenvalue weighted by molar-refractivity contribution is 5.38. The van der Waals surface area contributed by atoms with Crippen LogP contribution in [0, 0.1) is 0 Å². The van der Waals surface area contributed by atoms with Gasteiger partial charge in [-0.25, -0.2) is 0 Å². The van der Waals surface area contributed by atoms with E-state index in [2.05, 4.69) is 37.3 Å². The number of nitrogens with zero attached hydrogens (tertiary/aromatic N) is 4. The van der Waals surface area contributed by atoms with Crippen molar-refractivity contribution >= 4 is 5.95 Å². The van der Waals surface area contributed by atoms with Crippen LogP contribution in [0.2, 0.25) is 0 Å². The highest BCUT2D eigenvalue weighted by Gasteiger charge is 2.21. The first-order valence-electron chi connectivity index (χ1n) is 10.4. The van der Waals surface area contributed by atoms with E-state index < -0.39 is 0 Å². The molecule has 0 radical (unpaired) electrons. The Balaban J connectivity index is 1.57. The zero-order valence-electron chi connectivity index (χ0n) is 18.2. The molecule has 164 valence electrons. The quantitative estimate of drug-likeness (QED) is 0.626. The lowest BCUT2D eigenvalue weighted by molar-refractivity contribution is 0.210. The van der Waals surface area contributed by atoms with Gasteiger partial charge in [-0.15, -0.1) is 4.98 Å². The van der Waals surface area contributed by atoms with Gasteiger partial charge >= 0.3 is 12.0 Å². The van der Waals surface area contributed by atoms with Crippen LogP contribution in [-0.4, -0.2) is 66.4 Å². The third kappa shape index (κ3) is 6.09. The molecule has 0 atom stereocenters. The molecule has 9 nitrogen and oxygen atoms in total. The van der Waals surface area contributed by atoms with Crippen LogP contribution in [0.1, 0.15) is 32.3 Å². The molecule has 1 N–H and O–H groups in total. The normalized spacial score (nSPS) is 14.9. The third-order valence-corrected chi connectivity index (χ3v) is 4.85. The molecular formula is C21H31N5O4. The molecule has 1 saturated heterocycles. The standard InChI is InChI=1S/C21H31N5O4/c1-5-29-17-11-15(12-18(13-17)30-6-2)14-26-9-7-16(8-10-26)22-19-23-20(27-3)25-21(24-19)28-4/h11-13,16H,5-10,14H2,1-4H3,(H,22,23,24,25). The van der Waals surface area contributed by atoms with Crippen LogP contribution in [0.5, 0.6) is 23.5 Å². The van der Waals surface area contributed by atoms with Gasteiger partial charge in [-0.2, -0.15) is 9.97 Å². The van der Waals surface area contributed by atoms with Crippen molar-refractivity contribution in [3.05, 3.63) is 23.8 Å².